The number of aromatic nitrogens is 1. The van der Waals surface area contributed by atoms with Crippen molar-refractivity contribution in [2.45, 2.75) is 26.3 Å². The fourth-order valence-electron chi connectivity index (χ4n) is 3.10. The normalized spacial score (nSPS) is 16.6. The Morgan fingerprint density at radius 3 is 2.89 bits per heavy atom. The first-order valence-electron chi connectivity index (χ1n) is 6.86. The molecule has 0 amide bonds. The van der Waals surface area contributed by atoms with Crippen molar-refractivity contribution in [3.05, 3.63) is 35.5 Å². The lowest BCUT2D eigenvalue weighted by Crippen LogP contribution is -2.25. The number of nitrogens with zero attached hydrogens (tertiary/aromatic N) is 2. The number of fused-ring (bicyclic) bond motifs is 3. The van der Waals surface area contributed by atoms with Crippen molar-refractivity contribution < 1.29 is 0 Å². The molecule has 0 saturated carbocycles. The van der Waals surface area contributed by atoms with Crippen LogP contribution < -0.4 is 5.43 Å². The van der Waals surface area contributed by atoms with Crippen LogP contribution in [0.4, 0.5) is 0 Å². The van der Waals surface area contributed by atoms with E-state index in [4.69, 9.17) is 0 Å². The topological polar surface area (TPSA) is 20.2 Å². The maximum atomic E-state index is 3.34. The van der Waals surface area contributed by atoms with E-state index >= 15 is 0 Å². The van der Waals surface area contributed by atoms with Crippen molar-refractivity contribution >= 4 is 10.9 Å². The number of rotatable bonds is 2. The highest BCUT2D eigenvalue weighted by Crippen LogP contribution is 2.29. The summed E-state index contributed by atoms with van der Waals surface area (Å²) < 4.78 is 2.26. The Morgan fingerprint density at radius 1 is 1.28 bits per heavy atom. The van der Waals surface area contributed by atoms with E-state index in [9.17, 15) is 0 Å². The minimum atomic E-state index is 1.06. The molecule has 2 heterocycles. The lowest BCUT2D eigenvalue weighted by atomic mass is 10.1. The molecule has 0 aliphatic carbocycles. The van der Waals surface area contributed by atoms with Crippen LogP contribution in [-0.2, 0) is 13.0 Å². The van der Waals surface area contributed by atoms with Crippen LogP contribution >= 0.6 is 0 Å². The van der Waals surface area contributed by atoms with Gasteiger partial charge in [0.15, 0.2) is 0 Å². The van der Waals surface area contributed by atoms with Crippen molar-refractivity contribution in [3.8, 4) is 0 Å². The summed E-state index contributed by atoms with van der Waals surface area (Å²) in [5.41, 5.74) is 7.63. The highest BCUT2D eigenvalue weighted by atomic mass is 15.4. The van der Waals surface area contributed by atoms with E-state index in [-0.39, 0.29) is 0 Å². The SMILES string of the molecule is CCN1CCCc2c(n(NC)c3ccccc23)C1. The van der Waals surface area contributed by atoms with Crippen LogP contribution in [0.25, 0.3) is 10.9 Å². The molecule has 0 unspecified atom stereocenters. The quantitative estimate of drug-likeness (QED) is 0.875. The molecule has 18 heavy (non-hydrogen) atoms. The second-order valence-electron chi connectivity index (χ2n) is 4.97. The first-order chi connectivity index (χ1) is 8.85. The van der Waals surface area contributed by atoms with E-state index in [1.54, 1.807) is 0 Å². The summed E-state index contributed by atoms with van der Waals surface area (Å²) in [5.74, 6) is 0. The molecule has 3 nitrogen and oxygen atoms in total. The maximum Gasteiger partial charge on any atom is 0.0699 e. The van der Waals surface area contributed by atoms with Crippen LogP contribution in [0.1, 0.15) is 24.6 Å². The van der Waals surface area contributed by atoms with Crippen LogP contribution in [0, 0.1) is 0 Å². The Balaban J connectivity index is 2.20. The van der Waals surface area contributed by atoms with Gasteiger partial charge < -0.3 is 5.43 Å². The largest absolute Gasteiger partial charge is 0.329 e. The standard InChI is InChI=1S/C15H21N3/c1-3-17-10-6-8-13-12-7-4-5-9-14(12)18(16-2)15(13)11-17/h4-5,7,9,16H,3,6,8,10-11H2,1-2H3. The highest BCUT2D eigenvalue weighted by Gasteiger charge is 2.20. The molecule has 1 aliphatic rings. The lowest BCUT2D eigenvalue weighted by molar-refractivity contribution is 0.279. The minimum Gasteiger partial charge on any atom is -0.329 e. The molecule has 0 saturated heterocycles. The summed E-state index contributed by atoms with van der Waals surface area (Å²) in [7, 11) is 2.01. The molecule has 96 valence electrons. The number of benzene rings is 1. The van der Waals surface area contributed by atoms with Gasteiger partial charge >= 0.3 is 0 Å². The van der Waals surface area contributed by atoms with Gasteiger partial charge in [0, 0.05) is 19.0 Å². The average molecular weight is 243 g/mol. The minimum absolute atomic E-state index is 1.06. The van der Waals surface area contributed by atoms with Gasteiger partial charge in [-0.05, 0) is 37.6 Å². The number of hydrogen-bond donors (Lipinski definition) is 1. The molecular formula is C15H21N3. The molecule has 1 aromatic heterocycles. The van der Waals surface area contributed by atoms with Gasteiger partial charge in [0.2, 0.25) is 0 Å². The Labute approximate surface area is 108 Å². The summed E-state index contributed by atoms with van der Waals surface area (Å²) in [4.78, 5) is 2.53. The Kier molecular flexibility index (Phi) is 3.00. The van der Waals surface area contributed by atoms with Gasteiger partial charge in [-0.25, -0.2) is 0 Å². The Hall–Kier alpha value is -1.48. The van der Waals surface area contributed by atoms with Gasteiger partial charge in [-0.15, -0.1) is 0 Å². The number of hydrogen-bond acceptors (Lipinski definition) is 2. The molecule has 2 aromatic rings. The molecule has 3 heteroatoms. The van der Waals surface area contributed by atoms with E-state index in [1.165, 1.54) is 41.5 Å². The zero-order chi connectivity index (χ0) is 12.5. The first-order valence-corrected chi connectivity index (χ1v) is 6.86. The van der Waals surface area contributed by atoms with Gasteiger partial charge in [-0.2, -0.15) is 0 Å². The zero-order valence-electron chi connectivity index (χ0n) is 11.2. The van der Waals surface area contributed by atoms with Crippen molar-refractivity contribution in [1.82, 2.24) is 9.58 Å². The van der Waals surface area contributed by atoms with Gasteiger partial charge in [0.05, 0.1) is 11.2 Å². The van der Waals surface area contributed by atoms with Crippen LogP contribution in [0.3, 0.4) is 0 Å². The molecule has 1 N–H and O–H groups in total. The van der Waals surface area contributed by atoms with Crippen molar-refractivity contribution in [3.63, 3.8) is 0 Å². The monoisotopic (exact) mass is 243 g/mol. The summed E-state index contributed by atoms with van der Waals surface area (Å²) in [6.07, 6.45) is 2.46. The molecule has 0 radical (unpaired) electrons. The van der Waals surface area contributed by atoms with Crippen molar-refractivity contribution in [2.24, 2.45) is 0 Å². The van der Waals surface area contributed by atoms with Gasteiger partial charge in [-0.3, -0.25) is 9.58 Å². The molecule has 1 aliphatic heterocycles. The fourth-order valence-corrected chi connectivity index (χ4v) is 3.10. The van der Waals surface area contributed by atoms with E-state index in [0.29, 0.717) is 0 Å². The van der Waals surface area contributed by atoms with E-state index in [1.807, 2.05) is 7.05 Å². The fraction of sp³-hybridized carbons (Fsp3) is 0.467. The Morgan fingerprint density at radius 2 is 2.11 bits per heavy atom. The second kappa shape index (κ2) is 4.65. The van der Waals surface area contributed by atoms with Gasteiger partial charge in [0.1, 0.15) is 0 Å². The molecule has 3 rings (SSSR count). The van der Waals surface area contributed by atoms with Crippen molar-refractivity contribution in [1.29, 1.82) is 0 Å². The molecule has 0 fully saturated rings. The number of para-hydroxylation sites is 1. The summed E-state index contributed by atoms with van der Waals surface area (Å²) in [6, 6.07) is 8.72. The lowest BCUT2D eigenvalue weighted by Gasteiger charge is -2.19. The molecular weight excluding hydrogens is 222 g/mol. The zero-order valence-corrected chi connectivity index (χ0v) is 11.2. The van der Waals surface area contributed by atoms with Crippen LogP contribution in [0.15, 0.2) is 24.3 Å². The average Bonchev–Trinajstić information content (AvgIpc) is 2.58. The van der Waals surface area contributed by atoms with E-state index in [0.717, 1.165) is 13.1 Å². The molecule has 0 spiro atoms. The molecule has 0 bridgehead atoms. The second-order valence-corrected chi connectivity index (χ2v) is 4.97. The Bertz CT molecular complexity index is 556. The maximum absolute atomic E-state index is 3.34. The summed E-state index contributed by atoms with van der Waals surface area (Å²) in [5, 5.41) is 1.42. The molecule has 1 aromatic carbocycles. The highest BCUT2D eigenvalue weighted by molar-refractivity contribution is 5.86. The molecule has 0 atom stereocenters. The number of aryl methyl sites for hydroxylation is 1. The smallest absolute Gasteiger partial charge is 0.0699 e. The third kappa shape index (κ3) is 1.70. The van der Waals surface area contributed by atoms with E-state index in [2.05, 4.69) is 46.2 Å². The van der Waals surface area contributed by atoms with E-state index < -0.39 is 0 Å². The summed E-state index contributed by atoms with van der Waals surface area (Å²) in [6.45, 7) is 5.65. The predicted octanol–water partition coefficient (Wildman–Crippen LogP) is 2.58. The predicted molar refractivity (Wildman–Crippen MR) is 76.5 cm³/mol. The van der Waals surface area contributed by atoms with Gasteiger partial charge in [0.25, 0.3) is 0 Å². The first kappa shape index (κ1) is 11.6. The third-order valence-electron chi connectivity index (χ3n) is 4.03. The van der Waals surface area contributed by atoms with Crippen molar-refractivity contribution in [2.75, 3.05) is 25.6 Å². The third-order valence-corrected chi connectivity index (χ3v) is 4.03. The van der Waals surface area contributed by atoms with Crippen LogP contribution in [0.2, 0.25) is 0 Å². The van der Waals surface area contributed by atoms with Crippen LogP contribution in [0.5, 0.6) is 0 Å². The summed E-state index contributed by atoms with van der Waals surface area (Å²) >= 11 is 0. The number of nitrogens with one attached hydrogen (secondary N) is 1. The van der Waals surface area contributed by atoms with Crippen LogP contribution in [-0.4, -0.2) is 29.7 Å². The van der Waals surface area contributed by atoms with Gasteiger partial charge in [-0.1, -0.05) is 25.1 Å².